The fraction of sp³-hybridized carbons (Fsp3) is 0.333. The van der Waals surface area contributed by atoms with Gasteiger partial charge in [0.1, 0.15) is 11.4 Å². The minimum Gasteiger partial charge on any atom is -0.497 e. The van der Waals surface area contributed by atoms with E-state index in [9.17, 15) is 9.59 Å². The van der Waals surface area contributed by atoms with Gasteiger partial charge >= 0.3 is 0 Å². The van der Waals surface area contributed by atoms with Gasteiger partial charge in [0.15, 0.2) is 0 Å². The third-order valence-electron chi connectivity index (χ3n) is 5.79. The molecule has 0 aliphatic carbocycles. The van der Waals surface area contributed by atoms with Gasteiger partial charge in [0.05, 0.1) is 13.4 Å². The summed E-state index contributed by atoms with van der Waals surface area (Å²) >= 11 is 0. The van der Waals surface area contributed by atoms with Gasteiger partial charge in [0, 0.05) is 43.2 Å². The summed E-state index contributed by atoms with van der Waals surface area (Å²) < 4.78 is 12.7. The normalized spacial score (nSPS) is 16.5. The Morgan fingerprint density at radius 2 is 1.97 bits per heavy atom. The van der Waals surface area contributed by atoms with Crippen LogP contribution in [0.4, 0.5) is 0 Å². The van der Waals surface area contributed by atoms with Crippen molar-refractivity contribution in [2.24, 2.45) is 0 Å². The number of amides is 2. The van der Waals surface area contributed by atoms with Crippen molar-refractivity contribution < 1.29 is 18.7 Å². The number of benzene rings is 1. The number of nitrogens with zero attached hydrogens (tertiary/aromatic N) is 3. The number of aromatic nitrogens is 1. The van der Waals surface area contributed by atoms with Crippen molar-refractivity contribution in [1.82, 2.24) is 14.4 Å². The van der Waals surface area contributed by atoms with Crippen LogP contribution >= 0.6 is 0 Å². The third kappa shape index (κ3) is 3.95. The van der Waals surface area contributed by atoms with Crippen LogP contribution in [0.2, 0.25) is 0 Å². The molecule has 7 heteroatoms. The van der Waals surface area contributed by atoms with Gasteiger partial charge in [-0.3, -0.25) is 9.59 Å². The van der Waals surface area contributed by atoms with Crippen molar-refractivity contribution in [3.63, 3.8) is 0 Å². The molecule has 4 rings (SSSR count). The van der Waals surface area contributed by atoms with E-state index in [0.717, 1.165) is 11.8 Å². The number of hydrogen-bond acceptors (Lipinski definition) is 4. The topological polar surface area (TPSA) is 67.9 Å². The minimum absolute atomic E-state index is 0.0332. The molecule has 3 heterocycles. The van der Waals surface area contributed by atoms with Crippen LogP contribution in [-0.4, -0.2) is 59.0 Å². The molecule has 1 aromatic carbocycles. The van der Waals surface area contributed by atoms with E-state index < -0.39 is 0 Å². The quantitative estimate of drug-likeness (QED) is 0.568. The van der Waals surface area contributed by atoms with Gasteiger partial charge in [-0.2, -0.15) is 0 Å². The maximum absolute atomic E-state index is 13.3. The first-order valence-electron chi connectivity index (χ1n) is 10.5. The highest BCUT2D eigenvalue weighted by Crippen LogP contribution is 2.24. The standard InChI is InChI=1S/C24H27N3O4/c1-4-5-11-27-21(15-19-10-14-31-24(19)27)23(29)25-12-13-26(17(2)16-25)22(28)18-6-8-20(30-3)9-7-18/h4,6-10,14-15,17H,1,5,11-13,16H2,2-3H3/t17-/m1/s1. The molecule has 0 saturated carbocycles. The maximum Gasteiger partial charge on any atom is 0.270 e. The number of aryl methyl sites for hydroxylation is 1. The number of fused-ring (bicyclic) bond motifs is 1. The lowest BCUT2D eigenvalue weighted by Gasteiger charge is -2.40. The average molecular weight is 421 g/mol. The van der Waals surface area contributed by atoms with E-state index in [1.54, 1.807) is 37.6 Å². The fourth-order valence-corrected chi connectivity index (χ4v) is 4.10. The minimum atomic E-state index is -0.0909. The highest BCUT2D eigenvalue weighted by molar-refractivity contribution is 5.98. The van der Waals surface area contributed by atoms with E-state index in [0.29, 0.717) is 48.9 Å². The second-order valence-corrected chi connectivity index (χ2v) is 7.77. The molecule has 2 amide bonds. The van der Waals surface area contributed by atoms with Crippen molar-refractivity contribution in [2.45, 2.75) is 25.9 Å². The van der Waals surface area contributed by atoms with Gasteiger partial charge in [-0.05, 0) is 49.7 Å². The molecule has 0 unspecified atom stereocenters. The Bertz CT molecular complexity index is 1100. The largest absolute Gasteiger partial charge is 0.497 e. The number of carbonyl (C=O) groups excluding carboxylic acids is 2. The summed E-state index contributed by atoms with van der Waals surface area (Å²) in [5, 5.41) is 0.911. The van der Waals surface area contributed by atoms with Crippen LogP contribution in [0.3, 0.4) is 0 Å². The summed E-state index contributed by atoms with van der Waals surface area (Å²) in [5.74, 6) is 0.637. The molecule has 1 atom stereocenters. The average Bonchev–Trinajstić information content (AvgIpc) is 3.38. The lowest BCUT2D eigenvalue weighted by molar-refractivity contribution is 0.0409. The number of allylic oxidation sites excluding steroid dienone is 1. The Morgan fingerprint density at radius 3 is 2.65 bits per heavy atom. The molecule has 3 aromatic rings. The van der Waals surface area contributed by atoms with Crippen LogP contribution in [0.15, 0.2) is 59.7 Å². The lowest BCUT2D eigenvalue weighted by atomic mass is 10.1. The zero-order valence-corrected chi connectivity index (χ0v) is 17.9. The SMILES string of the molecule is C=CCCn1c(C(=O)N2CCN(C(=O)c3ccc(OC)cc3)[C@H](C)C2)cc2ccoc21. The molecule has 1 saturated heterocycles. The molecule has 31 heavy (non-hydrogen) atoms. The van der Waals surface area contributed by atoms with E-state index >= 15 is 0 Å². The Hall–Kier alpha value is -3.48. The van der Waals surface area contributed by atoms with Crippen molar-refractivity contribution >= 4 is 22.9 Å². The molecule has 1 fully saturated rings. The summed E-state index contributed by atoms with van der Waals surface area (Å²) in [6, 6.07) is 10.8. The first-order chi connectivity index (χ1) is 15.0. The van der Waals surface area contributed by atoms with Crippen molar-refractivity contribution in [3.8, 4) is 5.75 Å². The van der Waals surface area contributed by atoms with E-state index in [1.807, 2.05) is 39.5 Å². The van der Waals surface area contributed by atoms with Gasteiger partial charge in [0.2, 0.25) is 5.71 Å². The molecule has 0 radical (unpaired) electrons. The van der Waals surface area contributed by atoms with Crippen LogP contribution in [0.1, 0.15) is 34.2 Å². The van der Waals surface area contributed by atoms with Crippen molar-refractivity contribution in [3.05, 3.63) is 66.6 Å². The van der Waals surface area contributed by atoms with Gasteiger partial charge in [-0.1, -0.05) is 6.08 Å². The molecule has 0 bridgehead atoms. The molecular weight excluding hydrogens is 394 g/mol. The van der Waals surface area contributed by atoms with Gasteiger partial charge in [-0.25, -0.2) is 0 Å². The Morgan fingerprint density at radius 1 is 1.19 bits per heavy atom. The van der Waals surface area contributed by atoms with Gasteiger partial charge < -0.3 is 23.5 Å². The molecule has 162 valence electrons. The lowest BCUT2D eigenvalue weighted by Crippen LogP contribution is -2.55. The van der Waals surface area contributed by atoms with Crippen molar-refractivity contribution in [2.75, 3.05) is 26.7 Å². The number of piperazine rings is 1. The fourth-order valence-electron chi connectivity index (χ4n) is 4.10. The molecule has 7 nitrogen and oxygen atoms in total. The highest BCUT2D eigenvalue weighted by Gasteiger charge is 2.32. The van der Waals surface area contributed by atoms with E-state index in [2.05, 4.69) is 6.58 Å². The smallest absolute Gasteiger partial charge is 0.270 e. The van der Waals surface area contributed by atoms with Crippen LogP contribution < -0.4 is 4.74 Å². The first kappa shape index (κ1) is 20.8. The number of rotatable bonds is 6. The third-order valence-corrected chi connectivity index (χ3v) is 5.79. The van der Waals surface area contributed by atoms with Gasteiger partial charge in [-0.15, -0.1) is 6.58 Å². The summed E-state index contributed by atoms with van der Waals surface area (Å²) in [6.45, 7) is 7.84. The van der Waals surface area contributed by atoms with E-state index in [-0.39, 0.29) is 17.9 Å². The zero-order chi connectivity index (χ0) is 22.0. The van der Waals surface area contributed by atoms with Crippen LogP contribution in [-0.2, 0) is 6.54 Å². The zero-order valence-electron chi connectivity index (χ0n) is 17.9. The Kier molecular flexibility index (Phi) is 5.84. The second-order valence-electron chi connectivity index (χ2n) is 7.77. The maximum atomic E-state index is 13.3. The molecular formula is C24H27N3O4. The van der Waals surface area contributed by atoms with E-state index in [1.165, 1.54) is 0 Å². The van der Waals surface area contributed by atoms with E-state index in [4.69, 9.17) is 9.15 Å². The predicted molar refractivity (Wildman–Crippen MR) is 118 cm³/mol. The number of methoxy groups -OCH3 is 1. The molecule has 1 aliphatic rings. The first-order valence-corrected chi connectivity index (χ1v) is 10.5. The summed E-state index contributed by atoms with van der Waals surface area (Å²) in [7, 11) is 1.60. The molecule has 0 N–H and O–H groups in total. The number of ether oxygens (including phenoxy) is 1. The summed E-state index contributed by atoms with van der Waals surface area (Å²) in [4.78, 5) is 29.9. The summed E-state index contributed by atoms with van der Waals surface area (Å²) in [6.07, 6.45) is 4.20. The van der Waals surface area contributed by atoms with Crippen LogP contribution in [0, 0.1) is 0 Å². The van der Waals surface area contributed by atoms with Crippen LogP contribution in [0.5, 0.6) is 5.75 Å². The Labute approximate surface area is 181 Å². The monoisotopic (exact) mass is 421 g/mol. The van der Waals surface area contributed by atoms with Gasteiger partial charge in [0.25, 0.3) is 11.8 Å². The van der Waals surface area contributed by atoms with Crippen molar-refractivity contribution in [1.29, 1.82) is 0 Å². The highest BCUT2D eigenvalue weighted by atomic mass is 16.5. The molecule has 0 spiro atoms. The number of furan rings is 1. The molecule has 1 aliphatic heterocycles. The number of hydrogen-bond donors (Lipinski definition) is 0. The number of carbonyl (C=O) groups is 2. The Balaban J connectivity index is 1.49. The predicted octanol–water partition coefficient (Wildman–Crippen LogP) is 3.81. The second kappa shape index (κ2) is 8.71. The summed E-state index contributed by atoms with van der Waals surface area (Å²) in [5.41, 5.74) is 1.93. The molecule has 2 aromatic heterocycles. The van der Waals surface area contributed by atoms with Crippen LogP contribution in [0.25, 0.3) is 11.1 Å².